The second-order valence-corrected chi connectivity index (χ2v) is 6.81. The van der Waals surface area contributed by atoms with E-state index in [0.717, 1.165) is 0 Å². The van der Waals surface area contributed by atoms with Crippen LogP contribution >= 0.6 is 0 Å². The molecule has 2 heterocycles. The van der Waals surface area contributed by atoms with E-state index in [1.807, 2.05) is 0 Å². The van der Waals surface area contributed by atoms with Crippen LogP contribution in [0.4, 0.5) is 19.0 Å². The highest BCUT2D eigenvalue weighted by atomic mass is 19.4. The van der Waals surface area contributed by atoms with Crippen LogP contribution in [0.5, 0.6) is 5.75 Å². The highest BCUT2D eigenvalue weighted by Gasteiger charge is 2.41. The number of halogens is 3. The monoisotopic (exact) mass is 435 g/mol. The minimum atomic E-state index is -4.99. The number of amides is 1. The quantitative estimate of drug-likeness (QED) is 0.426. The lowest BCUT2D eigenvalue weighted by Crippen LogP contribution is -2.22. The van der Waals surface area contributed by atoms with E-state index in [1.165, 1.54) is 12.3 Å². The number of rotatable bonds is 4. The summed E-state index contributed by atoms with van der Waals surface area (Å²) in [4.78, 5) is 20.6. The van der Waals surface area contributed by atoms with Crippen molar-refractivity contribution in [1.82, 2.24) is 9.97 Å². The lowest BCUT2D eigenvalue weighted by atomic mass is 9.94. The summed E-state index contributed by atoms with van der Waals surface area (Å²) in [6, 6.07) is 21.1. The van der Waals surface area contributed by atoms with Gasteiger partial charge in [-0.15, -0.1) is 0 Å². The van der Waals surface area contributed by atoms with Crippen LogP contribution in [-0.2, 0) is 6.18 Å². The Morgan fingerprint density at radius 2 is 1.44 bits per heavy atom. The summed E-state index contributed by atoms with van der Waals surface area (Å²) in [5.41, 5.74) is -1.74. The van der Waals surface area contributed by atoms with E-state index in [9.17, 15) is 23.1 Å². The van der Waals surface area contributed by atoms with Crippen molar-refractivity contribution in [3.8, 4) is 28.1 Å². The Bertz CT molecular complexity index is 1250. The van der Waals surface area contributed by atoms with Gasteiger partial charge in [-0.1, -0.05) is 66.7 Å². The van der Waals surface area contributed by atoms with Crippen molar-refractivity contribution in [2.45, 2.75) is 6.18 Å². The molecule has 0 bridgehead atoms. The maximum absolute atomic E-state index is 14.0. The maximum Gasteiger partial charge on any atom is 0.434 e. The van der Waals surface area contributed by atoms with E-state index < -0.39 is 29.1 Å². The van der Waals surface area contributed by atoms with Crippen LogP contribution in [0.3, 0.4) is 0 Å². The first-order valence-corrected chi connectivity index (χ1v) is 9.53. The second kappa shape index (κ2) is 8.50. The van der Waals surface area contributed by atoms with Gasteiger partial charge in [-0.25, -0.2) is 9.97 Å². The van der Waals surface area contributed by atoms with E-state index in [1.54, 1.807) is 72.8 Å². The van der Waals surface area contributed by atoms with E-state index >= 15 is 0 Å². The molecule has 8 heteroatoms. The Labute approximate surface area is 181 Å². The zero-order chi connectivity index (χ0) is 22.7. The van der Waals surface area contributed by atoms with Crippen LogP contribution in [0.2, 0.25) is 0 Å². The molecule has 0 saturated heterocycles. The average Bonchev–Trinajstić information content (AvgIpc) is 2.79. The molecule has 2 aromatic carbocycles. The summed E-state index contributed by atoms with van der Waals surface area (Å²) in [5.74, 6) is -1.94. The SMILES string of the molecule is O=C(Nc1ccccn1)c1c(C(F)(F)F)nc(-c2ccccc2)c(-c2ccccc2)c1O. The zero-order valence-electron chi connectivity index (χ0n) is 16.5. The van der Waals surface area contributed by atoms with Crippen LogP contribution in [0.25, 0.3) is 22.4 Å². The summed E-state index contributed by atoms with van der Waals surface area (Å²) < 4.78 is 42.0. The number of carbonyl (C=O) groups excluding carboxylic acids is 1. The predicted octanol–water partition coefficient (Wildman–Crippen LogP) is 5.79. The van der Waals surface area contributed by atoms with Crippen molar-refractivity contribution >= 4 is 11.7 Å². The Morgan fingerprint density at radius 1 is 0.844 bits per heavy atom. The fourth-order valence-corrected chi connectivity index (χ4v) is 3.29. The normalized spacial score (nSPS) is 11.2. The van der Waals surface area contributed by atoms with Gasteiger partial charge in [0.2, 0.25) is 0 Å². The molecule has 0 saturated carbocycles. The summed E-state index contributed by atoms with van der Waals surface area (Å²) >= 11 is 0. The number of nitrogens with one attached hydrogen (secondary N) is 1. The number of pyridine rings is 2. The van der Waals surface area contributed by atoms with Gasteiger partial charge in [0.1, 0.15) is 17.1 Å². The molecule has 5 nitrogen and oxygen atoms in total. The highest BCUT2D eigenvalue weighted by molar-refractivity contribution is 6.09. The van der Waals surface area contributed by atoms with Gasteiger partial charge < -0.3 is 10.4 Å². The van der Waals surface area contributed by atoms with Gasteiger partial charge in [0.25, 0.3) is 5.91 Å². The third-order valence-corrected chi connectivity index (χ3v) is 4.68. The first-order chi connectivity index (χ1) is 15.4. The Morgan fingerprint density at radius 3 is 2.00 bits per heavy atom. The van der Waals surface area contributed by atoms with Crippen LogP contribution in [0.1, 0.15) is 16.1 Å². The molecule has 0 atom stereocenters. The number of anilines is 1. The van der Waals surface area contributed by atoms with Gasteiger partial charge in [-0.05, 0) is 17.7 Å². The molecule has 2 aromatic heterocycles. The van der Waals surface area contributed by atoms with Crippen molar-refractivity contribution in [2.24, 2.45) is 0 Å². The molecular formula is C24H16F3N3O2. The fraction of sp³-hybridized carbons (Fsp3) is 0.0417. The van der Waals surface area contributed by atoms with Crippen molar-refractivity contribution in [3.05, 3.63) is 96.3 Å². The zero-order valence-corrected chi connectivity index (χ0v) is 16.5. The van der Waals surface area contributed by atoms with Crippen LogP contribution in [0, 0.1) is 0 Å². The largest absolute Gasteiger partial charge is 0.506 e. The van der Waals surface area contributed by atoms with Gasteiger partial charge in [0.15, 0.2) is 5.69 Å². The maximum atomic E-state index is 14.0. The van der Waals surface area contributed by atoms with Gasteiger partial charge in [0.05, 0.1) is 11.3 Å². The molecule has 0 spiro atoms. The molecule has 2 N–H and O–H groups in total. The summed E-state index contributed by atoms with van der Waals surface area (Å²) in [6.45, 7) is 0. The molecule has 0 aliphatic heterocycles. The molecule has 160 valence electrons. The molecule has 4 aromatic rings. The summed E-state index contributed by atoms with van der Waals surface area (Å²) in [7, 11) is 0. The minimum Gasteiger partial charge on any atom is -0.506 e. The van der Waals surface area contributed by atoms with E-state index in [0.29, 0.717) is 11.1 Å². The topological polar surface area (TPSA) is 75.1 Å². The van der Waals surface area contributed by atoms with Crippen molar-refractivity contribution in [2.75, 3.05) is 5.32 Å². The lowest BCUT2D eigenvalue weighted by molar-refractivity contribution is -0.141. The Kier molecular flexibility index (Phi) is 5.59. The van der Waals surface area contributed by atoms with E-state index in [-0.39, 0.29) is 17.1 Å². The van der Waals surface area contributed by atoms with Gasteiger partial charge in [-0.2, -0.15) is 13.2 Å². The number of alkyl halides is 3. The van der Waals surface area contributed by atoms with Crippen LogP contribution in [-0.4, -0.2) is 21.0 Å². The predicted molar refractivity (Wildman–Crippen MR) is 114 cm³/mol. The van der Waals surface area contributed by atoms with Crippen LogP contribution < -0.4 is 5.32 Å². The van der Waals surface area contributed by atoms with Crippen molar-refractivity contribution < 1.29 is 23.1 Å². The molecule has 0 fully saturated rings. The first-order valence-electron chi connectivity index (χ1n) is 9.53. The molecule has 0 radical (unpaired) electrons. The number of aromatic hydroxyl groups is 1. The molecule has 0 aliphatic rings. The highest BCUT2D eigenvalue weighted by Crippen LogP contribution is 2.44. The summed E-state index contributed by atoms with van der Waals surface area (Å²) in [6.07, 6.45) is -3.61. The minimum absolute atomic E-state index is 0.0240. The number of aromatic nitrogens is 2. The smallest absolute Gasteiger partial charge is 0.434 e. The van der Waals surface area contributed by atoms with E-state index in [2.05, 4.69) is 15.3 Å². The molecule has 4 rings (SSSR count). The molecule has 1 amide bonds. The average molecular weight is 435 g/mol. The first kappa shape index (κ1) is 21.0. The van der Waals surface area contributed by atoms with Crippen molar-refractivity contribution in [1.29, 1.82) is 0 Å². The second-order valence-electron chi connectivity index (χ2n) is 6.81. The van der Waals surface area contributed by atoms with Gasteiger partial charge in [0, 0.05) is 11.8 Å². The standard InChI is InChI=1S/C24H16F3N3O2/c25-24(26,27)22-19(23(32)29-17-13-7-8-14-28-17)21(31)18(15-9-3-1-4-10-15)20(30-22)16-11-5-2-6-12-16/h1-14H,(H,30,31)(H,28,29,32). The molecular weight excluding hydrogens is 419 g/mol. The number of hydrogen-bond donors (Lipinski definition) is 2. The van der Waals surface area contributed by atoms with Crippen LogP contribution in [0.15, 0.2) is 85.1 Å². The number of hydrogen-bond acceptors (Lipinski definition) is 4. The number of benzene rings is 2. The fourth-order valence-electron chi connectivity index (χ4n) is 3.29. The molecule has 32 heavy (non-hydrogen) atoms. The summed E-state index contributed by atoms with van der Waals surface area (Å²) in [5, 5.41) is 13.4. The Balaban J connectivity index is 2.00. The van der Waals surface area contributed by atoms with Gasteiger partial charge in [-0.3, -0.25) is 4.79 Å². The third kappa shape index (κ3) is 4.15. The molecule has 0 unspecified atom stereocenters. The number of nitrogens with zero attached hydrogens (tertiary/aromatic N) is 2. The lowest BCUT2D eigenvalue weighted by Gasteiger charge is -2.19. The third-order valence-electron chi connectivity index (χ3n) is 4.68. The van der Waals surface area contributed by atoms with E-state index in [4.69, 9.17) is 0 Å². The van der Waals surface area contributed by atoms with Crippen molar-refractivity contribution in [3.63, 3.8) is 0 Å². The number of carbonyl (C=O) groups is 1. The van der Waals surface area contributed by atoms with Gasteiger partial charge >= 0.3 is 6.18 Å². The Hall–Kier alpha value is -4.20. The molecule has 0 aliphatic carbocycles.